The lowest BCUT2D eigenvalue weighted by Gasteiger charge is -2.30. The van der Waals surface area contributed by atoms with Gasteiger partial charge in [-0.2, -0.15) is 0 Å². The van der Waals surface area contributed by atoms with Gasteiger partial charge in [-0.05, 0) is 37.6 Å². The van der Waals surface area contributed by atoms with Gasteiger partial charge in [-0.25, -0.2) is 0 Å². The first-order chi connectivity index (χ1) is 8.27. The smallest absolute Gasteiger partial charge is 0.107 e. The summed E-state index contributed by atoms with van der Waals surface area (Å²) in [6.07, 6.45) is 11.0. The summed E-state index contributed by atoms with van der Waals surface area (Å²) in [5.74, 6) is 0. The van der Waals surface area contributed by atoms with Gasteiger partial charge in [-0.15, -0.1) is 0 Å². The molecule has 0 aromatic heterocycles. The Kier molecular flexibility index (Phi) is 2.29. The second-order valence-corrected chi connectivity index (χ2v) is 4.49. The molecule has 1 aromatic rings. The van der Waals surface area contributed by atoms with Gasteiger partial charge in [-0.3, -0.25) is 0 Å². The van der Waals surface area contributed by atoms with Crippen molar-refractivity contribution in [1.82, 2.24) is 4.90 Å². The summed E-state index contributed by atoms with van der Waals surface area (Å²) in [6.45, 7) is 4.38. The summed E-state index contributed by atoms with van der Waals surface area (Å²) in [5.41, 5.74) is 3.84. The van der Waals surface area contributed by atoms with E-state index in [0.717, 1.165) is 0 Å². The van der Waals surface area contributed by atoms with E-state index in [2.05, 4.69) is 78.5 Å². The molecule has 2 nitrogen and oxygen atoms in total. The fourth-order valence-electron chi connectivity index (χ4n) is 2.43. The molecule has 0 aliphatic carbocycles. The maximum atomic E-state index is 2.32. The van der Waals surface area contributed by atoms with E-state index in [9.17, 15) is 0 Å². The molecule has 0 N–H and O–H groups in total. The summed E-state index contributed by atoms with van der Waals surface area (Å²) in [7, 11) is 0. The number of hydrogen-bond donors (Lipinski definition) is 0. The fraction of sp³-hybridized carbons (Fsp3) is 0.200. The number of rotatable bonds is 1. The Bertz CT molecular complexity index is 525. The van der Waals surface area contributed by atoms with E-state index in [1.165, 1.54) is 16.9 Å². The highest BCUT2D eigenvalue weighted by Crippen LogP contribution is 2.32. The highest BCUT2D eigenvalue weighted by atomic mass is 15.4. The van der Waals surface area contributed by atoms with E-state index in [-0.39, 0.29) is 0 Å². The standard InChI is InChI=1S/C15H16N2/c1-12-7-3-4-9-15(12)17-11-14-8-5-6-10-16(14)13(17)2/h3-11,13H,1-2H3. The molecule has 2 heterocycles. The highest BCUT2D eigenvalue weighted by Gasteiger charge is 2.28. The van der Waals surface area contributed by atoms with E-state index in [4.69, 9.17) is 0 Å². The number of nitrogens with zero attached hydrogens (tertiary/aromatic N) is 2. The lowest BCUT2D eigenvalue weighted by Crippen LogP contribution is -2.34. The Balaban J connectivity index is 2.01. The third-order valence-corrected chi connectivity index (χ3v) is 3.39. The molecule has 2 aliphatic rings. The lowest BCUT2D eigenvalue weighted by molar-refractivity contribution is 0.403. The number of hydrogen-bond acceptors (Lipinski definition) is 2. The number of aryl methyl sites for hydroxylation is 1. The van der Waals surface area contributed by atoms with Crippen LogP contribution in [0.25, 0.3) is 0 Å². The SMILES string of the molecule is Cc1ccccc1N1C=C2C=CC=CN2C1C. The molecule has 0 saturated carbocycles. The third-order valence-electron chi connectivity index (χ3n) is 3.39. The molecule has 86 valence electrons. The van der Waals surface area contributed by atoms with Crippen molar-refractivity contribution in [3.63, 3.8) is 0 Å². The van der Waals surface area contributed by atoms with E-state index >= 15 is 0 Å². The minimum Gasteiger partial charge on any atom is -0.326 e. The Morgan fingerprint density at radius 1 is 1.06 bits per heavy atom. The van der Waals surface area contributed by atoms with Crippen LogP contribution in [-0.2, 0) is 0 Å². The molecular weight excluding hydrogens is 208 g/mol. The second-order valence-electron chi connectivity index (χ2n) is 4.49. The molecule has 0 bridgehead atoms. The van der Waals surface area contributed by atoms with Gasteiger partial charge in [0.05, 0.1) is 5.70 Å². The number of benzene rings is 1. The zero-order valence-corrected chi connectivity index (χ0v) is 10.2. The van der Waals surface area contributed by atoms with Crippen LogP contribution >= 0.6 is 0 Å². The van der Waals surface area contributed by atoms with Crippen LogP contribution in [0.1, 0.15) is 12.5 Å². The monoisotopic (exact) mass is 224 g/mol. The maximum Gasteiger partial charge on any atom is 0.107 e. The Morgan fingerprint density at radius 3 is 2.65 bits per heavy atom. The van der Waals surface area contributed by atoms with Crippen LogP contribution in [-0.4, -0.2) is 11.1 Å². The largest absolute Gasteiger partial charge is 0.326 e. The van der Waals surface area contributed by atoms with Crippen LogP contribution in [0.3, 0.4) is 0 Å². The van der Waals surface area contributed by atoms with Gasteiger partial charge in [0.25, 0.3) is 0 Å². The van der Waals surface area contributed by atoms with Crippen LogP contribution < -0.4 is 4.90 Å². The topological polar surface area (TPSA) is 6.48 Å². The Hall–Kier alpha value is -1.96. The first kappa shape index (κ1) is 10.2. The van der Waals surface area contributed by atoms with Gasteiger partial charge < -0.3 is 9.80 Å². The van der Waals surface area contributed by atoms with Crippen LogP contribution in [0.15, 0.2) is 60.6 Å². The Morgan fingerprint density at radius 2 is 1.88 bits per heavy atom. The van der Waals surface area contributed by atoms with Crippen molar-refractivity contribution in [2.24, 2.45) is 0 Å². The maximum absolute atomic E-state index is 2.32. The minimum absolute atomic E-state index is 0.340. The van der Waals surface area contributed by atoms with E-state index in [0.29, 0.717) is 6.17 Å². The molecule has 0 amide bonds. The molecule has 0 radical (unpaired) electrons. The molecule has 1 aromatic carbocycles. The zero-order chi connectivity index (χ0) is 11.8. The molecule has 0 spiro atoms. The molecule has 0 fully saturated rings. The highest BCUT2D eigenvalue weighted by molar-refractivity contribution is 5.59. The predicted molar refractivity (Wildman–Crippen MR) is 71.3 cm³/mol. The Labute approximate surface area is 102 Å². The van der Waals surface area contributed by atoms with Crippen molar-refractivity contribution in [2.45, 2.75) is 20.0 Å². The first-order valence-electron chi connectivity index (χ1n) is 5.96. The number of anilines is 1. The van der Waals surface area contributed by atoms with Crippen molar-refractivity contribution in [2.75, 3.05) is 4.90 Å². The van der Waals surface area contributed by atoms with Crippen LogP contribution in [0.4, 0.5) is 5.69 Å². The second kappa shape index (κ2) is 3.81. The van der Waals surface area contributed by atoms with Gasteiger partial charge in [-0.1, -0.05) is 24.3 Å². The average Bonchev–Trinajstić information content (AvgIpc) is 2.68. The normalized spacial score (nSPS) is 21.8. The molecule has 2 aliphatic heterocycles. The molecule has 0 saturated heterocycles. The van der Waals surface area contributed by atoms with Crippen LogP contribution in [0.2, 0.25) is 0 Å². The molecule has 2 heteroatoms. The summed E-state index contributed by atoms with van der Waals surface area (Å²) < 4.78 is 0. The minimum atomic E-state index is 0.340. The predicted octanol–water partition coefficient (Wildman–Crippen LogP) is 3.39. The van der Waals surface area contributed by atoms with Crippen molar-refractivity contribution in [3.8, 4) is 0 Å². The average molecular weight is 224 g/mol. The summed E-state index contributed by atoms with van der Waals surface area (Å²) in [4.78, 5) is 4.61. The van der Waals surface area contributed by atoms with E-state index < -0.39 is 0 Å². The van der Waals surface area contributed by atoms with Gasteiger partial charge in [0.15, 0.2) is 0 Å². The van der Waals surface area contributed by atoms with Gasteiger partial charge in [0.1, 0.15) is 6.17 Å². The van der Waals surface area contributed by atoms with Gasteiger partial charge in [0.2, 0.25) is 0 Å². The molecule has 1 atom stereocenters. The summed E-state index contributed by atoms with van der Waals surface area (Å²) in [6, 6.07) is 8.51. The van der Waals surface area contributed by atoms with E-state index in [1.807, 2.05) is 0 Å². The van der Waals surface area contributed by atoms with Crippen LogP contribution in [0.5, 0.6) is 0 Å². The van der Waals surface area contributed by atoms with Gasteiger partial charge >= 0.3 is 0 Å². The number of fused-ring (bicyclic) bond motifs is 1. The number of allylic oxidation sites excluding steroid dienone is 3. The van der Waals surface area contributed by atoms with Crippen molar-refractivity contribution in [1.29, 1.82) is 0 Å². The summed E-state index contributed by atoms with van der Waals surface area (Å²) >= 11 is 0. The quantitative estimate of drug-likeness (QED) is 0.721. The molecular formula is C15H16N2. The molecule has 17 heavy (non-hydrogen) atoms. The molecule has 1 unspecified atom stereocenters. The van der Waals surface area contributed by atoms with Crippen LogP contribution in [0, 0.1) is 6.92 Å². The zero-order valence-electron chi connectivity index (χ0n) is 10.2. The van der Waals surface area contributed by atoms with Crippen molar-refractivity contribution >= 4 is 5.69 Å². The third kappa shape index (κ3) is 1.57. The number of para-hydroxylation sites is 1. The summed E-state index contributed by atoms with van der Waals surface area (Å²) in [5, 5.41) is 0. The fourth-order valence-corrected chi connectivity index (χ4v) is 2.43. The van der Waals surface area contributed by atoms with Gasteiger partial charge in [0, 0.05) is 18.1 Å². The molecule has 3 rings (SSSR count). The van der Waals surface area contributed by atoms with E-state index in [1.54, 1.807) is 0 Å². The van der Waals surface area contributed by atoms with Crippen molar-refractivity contribution < 1.29 is 0 Å². The lowest BCUT2D eigenvalue weighted by atomic mass is 10.2. The van der Waals surface area contributed by atoms with Crippen molar-refractivity contribution in [3.05, 3.63) is 66.2 Å². The first-order valence-corrected chi connectivity index (χ1v) is 5.96.